The van der Waals surface area contributed by atoms with Crippen LogP contribution in [0.3, 0.4) is 0 Å². The van der Waals surface area contributed by atoms with Crippen molar-refractivity contribution in [3.63, 3.8) is 0 Å². The molecule has 1 aliphatic rings. The van der Waals surface area contributed by atoms with Crippen molar-refractivity contribution in [3.05, 3.63) is 35.4 Å². The molecular weight excluding hydrogens is 236 g/mol. The lowest BCUT2D eigenvalue weighted by Crippen LogP contribution is -2.47. The van der Waals surface area contributed by atoms with Crippen molar-refractivity contribution in [1.82, 2.24) is 10.2 Å². The second-order valence-corrected chi connectivity index (χ2v) is 5.64. The molecule has 2 rings (SSSR count). The number of rotatable bonds is 5. The quantitative estimate of drug-likeness (QED) is 0.852. The Morgan fingerprint density at radius 3 is 2.53 bits per heavy atom. The van der Waals surface area contributed by atoms with E-state index in [4.69, 9.17) is 5.11 Å². The van der Waals surface area contributed by atoms with Gasteiger partial charge in [0.15, 0.2) is 0 Å². The fourth-order valence-corrected chi connectivity index (χ4v) is 2.95. The molecule has 1 heterocycles. The molecule has 1 saturated heterocycles. The van der Waals surface area contributed by atoms with Gasteiger partial charge in [0.2, 0.25) is 0 Å². The van der Waals surface area contributed by atoms with Gasteiger partial charge in [-0.05, 0) is 36.6 Å². The summed E-state index contributed by atoms with van der Waals surface area (Å²) in [5, 5.41) is 12.6. The molecule has 106 valence electrons. The minimum absolute atomic E-state index is 0.130. The van der Waals surface area contributed by atoms with E-state index in [1.807, 2.05) is 12.1 Å². The highest BCUT2D eigenvalue weighted by atomic mass is 16.3. The van der Waals surface area contributed by atoms with Gasteiger partial charge in [-0.3, -0.25) is 4.90 Å². The molecule has 2 unspecified atom stereocenters. The number of nitrogens with zero attached hydrogens (tertiary/aromatic N) is 1. The predicted molar refractivity (Wildman–Crippen MR) is 78.9 cm³/mol. The van der Waals surface area contributed by atoms with E-state index in [1.165, 1.54) is 25.1 Å². The molecule has 1 fully saturated rings. The number of nitrogens with one attached hydrogen (secondary N) is 1. The van der Waals surface area contributed by atoms with Crippen LogP contribution in [0.2, 0.25) is 0 Å². The topological polar surface area (TPSA) is 35.5 Å². The van der Waals surface area contributed by atoms with E-state index in [0.717, 1.165) is 18.7 Å². The summed E-state index contributed by atoms with van der Waals surface area (Å²) in [6.45, 7) is 9.08. The second-order valence-electron chi connectivity index (χ2n) is 5.64. The van der Waals surface area contributed by atoms with Gasteiger partial charge < -0.3 is 10.4 Å². The van der Waals surface area contributed by atoms with Gasteiger partial charge >= 0.3 is 0 Å². The Hall–Kier alpha value is -0.900. The maximum absolute atomic E-state index is 9.05. The highest BCUT2D eigenvalue weighted by Gasteiger charge is 2.24. The van der Waals surface area contributed by atoms with E-state index >= 15 is 0 Å². The highest BCUT2D eigenvalue weighted by Crippen LogP contribution is 2.19. The van der Waals surface area contributed by atoms with Gasteiger partial charge in [-0.25, -0.2) is 0 Å². The number of likely N-dealkylation sites (tertiary alicyclic amines) is 1. The molecule has 19 heavy (non-hydrogen) atoms. The van der Waals surface area contributed by atoms with E-state index < -0.39 is 0 Å². The maximum Gasteiger partial charge on any atom is 0.0681 e. The van der Waals surface area contributed by atoms with Crippen molar-refractivity contribution in [2.24, 2.45) is 5.92 Å². The van der Waals surface area contributed by atoms with Crippen LogP contribution in [-0.4, -0.2) is 35.7 Å². The first-order chi connectivity index (χ1) is 9.22. The molecule has 0 bridgehead atoms. The Morgan fingerprint density at radius 1 is 1.26 bits per heavy atom. The molecule has 1 aromatic carbocycles. The lowest BCUT2D eigenvalue weighted by atomic mass is 9.93. The van der Waals surface area contributed by atoms with Crippen LogP contribution in [0, 0.1) is 5.92 Å². The van der Waals surface area contributed by atoms with Crippen molar-refractivity contribution >= 4 is 0 Å². The number of piperidine rings is 1. The molecule has 2 atom stereocenters. The molecule has 1 aromatic rings. The third kappa shape index (κ3) is 4.03. The molecule has 0 saturated carbocycles. The number of hydrogen-bond donors (Lipinski definition) is 2. The third-order valence-electron chi connectivity index (χ3n) is 4.07. The van der Waals surface area contributed by atoms with Crippen LogP contribution in [0.4, 0.5) is 0 Å². The van der Waals surface area contributed by atoms with Gasteiger partial charge in [0.1, 0.15) is 0 Å². The van der Waals surface area contributed by atoms with Crippen LogP contribution in [0.1, 0.15) is 31.4 Å². The molecule has 0 spiro atoms. The van der Waals surface area contributed by atoms with Gasteiger partial charge in [-0.2, -0.15) is 0 Å². The lowest BCUT2D eigenvalue weighted by Gasteiger charge is -2.37. The smallest absolute Gasteiger partial charge is 0.0681 e. The summed E-state index contributed by atoms with van der Waals surface area (Å²) in [5.74, 6) is 0.713. The zero-order chi connectivity index (χ0) is 13.7. The molecule has 0 aliphatic carbocycles. The number of benzene rings is 1. The summed E-state index contributed by atoms with van der Waals surface area (Å²) in [5.41, 5.74) is 2.33. The summed E-state index contributed by atoms with van der Waals surface area (Å²) in [7, 11) is 0. The molecule has 0 radical (unpaired) electrons. The molecular formula is C16H26N2O. The predicted octanol–water partition coefficient (Wildman–Crippen LogP) is 2.00. The summed E-state index contributed by atoms with van der Waals surface area (Å²) in [6, 6.07) is 8.98. The van der Waals surface area contributed by atoms with E-state index in [9.17, 15) is 0 Å². The minimum atomic E-state index is 0.130. The Labute approximate surface area is 116 Å². The lowest BCUT2D eigenvalue weighted by molar-refractivity contribution is 0.142. The van der Waals surface area contributed by atoms with E-state index in [2.05, 4.69) is 36.2 Å². The van der Waals surface area contributed by atoms with Crippen molar-refractivity contribution in [1.29, 1.82) is 0 Å². The maximum atomic E-state index is 9.05. The third-order valence-corrected chi connectivity index (χ3v) is 4.07. The van der Waals surface area contributed by atoms with Crippen molar-refractivity contribution in [2.45, 2.75) is 39.5 Å². The molecule has 1 aliphatic heterocycles. The molecule has 0 aromatic heterocycles. The van der Waals surface area contributed by atoms with Crippen molar-refractivity contribution in [3.8, 4) is 0 Å². The fraction of sp³-hybridized carbons (Fsp3) is 0.625. The van der Waals surface area contributed by atoms with E-state index in [1.54, 1.807) is 0 Å². The first-order valence-electron chi connectivity index (χ1n) is 7.37. The average molecular weight is 262 g/mol. The zero-order valence-electron chi connectivity index (χ0n) is 12.1. The number of hydrogen-bond acceptors (Lipinski definition) is 3. The van der Waals surface area contributed by atoms with E-state index in [0.29, 0.717) is 12.0 Å². The van der Waals surface area contributed by atoms with Crippen molar-refractivity contribution < 1.29 is 5.11 Å². The van der Waals surface area contributed by atoms with Crippen LogP contribution < -0.4 is 5.32 Å². The SMILES string of the molecule is CCNC1CCN(Cc2ccc(CO)cc2)CC1C. The number of aliphatic hydroxyl groups is 1. The zero-order valence-corrected chi connectivity index (χ0v) is 12.1. The summed E-state index contributed by atoms with van der Waals surface area (Å²) >= 11 is 0. The molecule has 3 heteroatoms. The number of aliphatic hydroxyl groups excluding tert-OH is 1. The van der Waals surface area contributed by atoms with Gasteiger partial charge in [-0.1, -0.05) is 38.1 Å². The van der Waals surface area contributed by atoms with Crippen LogP contribution >= 0.6 is 0 Å². The van der Waals surface area contributed by atoms with Crippen LogP contribution in [0.25, 0.3) is 0 Å². The normalized spacial score (nSPS) is 24.6. The molecule has 3 nitrogen and oxygen atoms in total. The Bertz CT molecular complexity index is 377. The van der Waals surface area contributed by atoms with Crippen LogP contribution in [0.5, 0.6) is 0 Å². The largest absolute Gasteiger partial charge is 0.392 e. The first-order valence-corrected chi connectivity index (χ1v) is 7.37. The second kappa shape index (κ2) is 7.04. The first kappa shape index (κ1) is 14.5. The Kier molecular flexibility index (Phi) is 5.37. The van der Waals surface area contributed by atoms with Gasteiger partial charge in [0.05, 0.1) is 6.61 Å². The van der Waals surface area contributed by atoms with Crippen molar-refractivity contribution in [2.75, 3.05) is 19.6 Å². The summed E-state index contributed by atoms with van der Waals surface area (Å²) in [6.07, 6.45) is 1.24. The van der Waals surface area contributed by atoms with Gasteiger partial charge in [0, 0.05) is 19.1 Å². The summed E-state index contributed by atoms with van der Waals surface area (Å²) in [4.78, 5) is 2.53. The monoisotopic (exact) mass is 262 g/mol. The van der Waals surface area contributed by atoms with Gasteiger partial charge in [0.25, 0.3) is 0 Å². The standard InChI is InChI=1S/C16H26N2O/c1-3-17-16-8-9-18(10-13(16)2)11-14-4-6-15(12-19)7-5-14/h4-7,13,16-17,19H,3,8-12H2,1-2H3. The molecule has 2 N–H and O–H groups in total. The van der Waals surface area contributed by atoms with Crippen LogP contribution in [0.15, 0.2) is 24.3 Å². The van der Waals surface area contributed by atoms with Gasteiger partial charge in [-0.15, -0.1) is 0 Å². The van der Waals surface area contributed by atoms with E-state index in [-0.39, 0.29) is 6.61 Å². The summed E-state index contributed by atoms with van der Waals surface area (Å²) < 4.78 is 0. The van der Waals surface area contributed by atoms with Crippen LogP contribution in [-0.2, 0) is 13.2 Å². The molecule has 0 amide bonds. The fourth-order valence-electron chi connectivity index (χ4n) is 2.95. The average Bonchev–Trinajstić information content (AvgIpc) is 2.43. The Balaban J connectivity index is 1.86. The Morgan fingerprint density at radius 2 is 1.95 bits per heavy atom. The minimum Gasteiger partial charge on any atom is -0.392 e. The highest BCUT2D eigenvalue weighted by molar-refractivity contribution is 5.21.